The van der Waals surface area contributed by atoms with Crippen LogP contribution in [0.2, 0.25) is 0 Å². The summed E-state index contributed by atoms with van der Waals surface area (Å²) in [4.78, 5) is 15.7. The average Bonchev–Trinajstić information content (AvgIpc) is 3.01. The molecule has 0 aromatic carbocycles. The number of amides is 1. The normalized spacial score (nSPS) is 17.1. The molecule has 1 fully saturated rings. The number of nitrogen functional groups attached to an aromatic ring is 1. The second-order valence-corrected chi connectivity index (χ2v) is 4.08. The van der Waals surface area contributed by atoms with Gasteiger partial charge in [0, 0.05) is 6.04 Å². The fourth-order valence-electron chi connectivity index (χ4n) is 1.53. The molecular weight excluding hydrogens is 190 g/mol. The molecule has 1 aromatic heterocycles. The summed E-state index contributed by atoms with van der Waals surface area (Å²) < 4.78 is 0. The predicted octanol–water partition coefficient (Wildman–Crippen LogP) is 1.19. The van der Waals surface area contributed by atoms with E-state index in [0.717, 1.165) is 0 Å². The van der Waals surface area contributed by atoms with E-state index in [0.29, 0.717) is 17.3 Å². The molecule has 1 amide bonds. The number of hydrogen-bond donors (Lipinski definition) is 2. The van der Waals surface area contributed by atoms with Gasteiger partial charge in [-0.1, -0.05) is 0 Å². The van der Waals surface area contributed by atoms with Crippen LogP contribution >= 0.6 is 0 Å². The van der Waals surface area contributed by atoms with Gasteiger partial charge in [0.1, 0.15) is 5.69 Å². The molecule has 4 heteroatoms. The lowest BCUT2D eigenvalue weighted by atomic mass is 10.2. The van der Waals surface area contributed by atoms with E-state index in [4.69, 9.17) is 5.73 Å². The maximum Gasteiger partial charge on any atom is 0.270 e. The number of pyridine rings is 1. The number of carbonyl (C=O) groups is 1. The lowest BCUT2D eigenvalue weighted by molar-refractivity contribution is 0.0931. The third-order valence-electron chi connectivity index (χ3n) is 2.71. The van der Waals surface area contributed by atoms with E-state index in [1.807, 2.05) is 6.92 Å². The standard InChI is InChI=1S/C11H15N3O/c1-7(8-2-3-8)14-11(15)10-5-4-9(12)6-13-10/h4-8H,2-3,12H2,1H3,(H,14,15). The molecule has 0 spiro atoms. The summed E-state index contributed by atoms with van der Waals surface area (Å²) in [6.07, 6.45) is 3.93. The van der Waals surface area contributed by atoms with Crippen molar-refractivity contribution in [3.05, 3.63) is 24.0 Å². The van der Waals surface area contributed by atoms with Crippen molar-refractivity contribution in [1.82, 2.24) is 10.3 Å². The van der Waals surface area contributed by atoms with Crippen LogP contribution in [0.15, 0.2) is 18.3 Å². The van der Waals surface area contributed by atoms with Gasteiger partial charge in [-0.25, -0.2) is 4.98 Å². The molecule has 80 valence electrons. The Morgan fingerprint density at radius 3 is 2.87 bits per heavy atom. The summed E-state index contributed by atoms with van der Waals surface area (Å²) in [5.74, 6) is 0.539. The van der Waals surface area contributed by atoms with Gasteiger partial charge in [-0.05, 0) is 37.8 Å². The number of anilines is 1. The van der Waals surface area contributed by atoms with E-state index in [1.165, 1.54) is 19.0 Å². The Balaban J connectivity index is 1.97. The van der Waals surface area contributed by atoms with E-state index in [2.05, 4.69) is 10.3 Å². The lowest BCUT2D eigenvalue weighted by Crippen LogP contribution is -2.34. The Bertz CT molecular complexity index is 357. The number of nitrogens with two attached hydrogens (primary N) is 1. The Morgan fingerprint density at radius 2 is 2.33 bits per heavy atom. The number of carbonyl (C=O) groups excluding carboxylic acids is 1. The molecule has 0 bridgehead atoms. The highest BCUT2D eigenvalue weighted by Crippen LogP contribution is 2.32. The van der Waals surface area contributed by atoms with Crippen LogP contribution in [-0.2, 0) is 0 Å². The van der Waals surface area contributed by atoms with Crippen molar-refractivity contribution < 1.29 is 4.79 Å². The fourth-order valence-corrected chi connectivity index (χ4v) is 1.53. The lowest BCUT2D eigenvalue weighted by Gasteiger charge is -2.11. The molecule has 4 nitrogen and oxygen atoms in total. The second-order valence-electron chi connectivity index (χ2n) is 4.08. The Hall–Kier alpha value is -1.58. The van der Waals surface area contributed by atoms with Gasteiger partial charge >= 0.3 is 0 Å². The molecule has 2 rings (SSSR count). The van der Waals surface area contributed by atoms with Crippen molar-refractivity contribution in [1.29, 1.82) is 0 Å². The monoisotopic (exact) mass is 205 g/mol. The Morgan fingerprint density at radius 1 is 1.60 bits per heavy atom. The number of aromatic nitrogens is 1. The van der Waals surface area contributed by atoms with Crippen LogP contribution in [-0.4, -0.2) is 16.9 Å². The van der Waals surface area contributed by atoms with Crippen molar-refractivity contribution in [3.8, 4) is 0 Å². The molecule has 1 aromatic rings. The topological polar surface area (TPSA) is 68.0 Å². The molecule has 1 heterocycles. The van der Waals surface area contributed by atoms with Crippen molar-refractivity contribution in [3.63, 3.8) is 0 Å². The highest BCUT2D eigenvalue weighted by Gasteiger charge is 2.29. The van der Waals surface area contributed by atoms with Gasteiger partial charge in [-0.3, -0.25) is 4.79 Å². The van der Waals surface area contributed by atoms with E-state index < -0.39 is 0 Å². The molecule has 1 aliphatic rings. The third-order valence-corrected chi connectivity index (χ3v) is 2.71. The quantitative estimate of drug-likeness (QED) is 0.778. The first-order valence-electron chi connectivity index (χ1n) is 5.19. The number of hydrogen-bond acceptors (Lipinski definition) is 3. The summed E-state index contributed by atoms with van der Waals surface area (Å²) in [6.45, 7) is 2.03. The van der Waals surface area contributed by atoms with E-state index >= 15 is 0 Å². The Labute approximate surface area is 88.9 Å². The minimum Gasteiger partial charge on any atom is -0.397 e. The second kappa shape index (κ2) is 3.88. The summed E-state index contributed by atoms with van der Waals surface area (Å²) in [5.41, 5.74) is 6.49. The summed E-state index contributed by atoms with van der Waals surface area (Å²) in [6, 6.07) is 3.57. The van der Waals surface area contributed by atoms with Gasteiger partial charge in [0.15, 0.2) is 0 Å². The molecule has 15 heavy (non-hydrogen) atoms. The summed E-state index contributed by atoms with van der Waals surface area (Å²) in [5, 5.41) is 2.94. The highest BCUT2D eigenvalue weighted by molar-refractivity contribution is 5.92. The van der Waals surface area contributed by atoms with E-state index in [-0.39, 0.29) is 11.9 Å². The highest BCUT2D eigenvalue weighted by atomic mass is 16.1. The van der Waals surface area contributed by atoms with Gasteiger partial charge in [-0.15, -0.1) is 0 Å². The summed E-state index contributed by atoms with van der Waals surface area (Å²) >= 11 is 0. The smallest absolute Gasteiger partial charge is 0.270 e. The maximum absolute atomic E-state index is 11.7. The van der Waals surface area contributed by atoms with Crippen LogP contribution in [0.25, 0.3) is 0 Å². The molecule has 1 saturated carbocycles. The minimum absolute atomic E-state index is 0.116. The molecule has 1 atom stereocenters. The van der Waals surface area contributed by atoms with Crippen molar-refractivity contribution in [2.45, 2.75) is 25.8 Å². The van der Waals surface area contributed by atoms with Gasteiger partial charge in [0.05, 0.1) is 11.9 Å². The molecule has 1 unspecified atom stereocenters. The number of nitrogens with zero attached hydrogens (tertiary/aromatic N) is 1. The van der Waals surface area contributed by atoms with Crippen LogP contribution in [0.3, 0.4) is 0 Å². The van der Waals surface area contributed by atoms with Crippen LogP contribution in [0, 0.1) is 5.92 Å². The molecule has 3 N–H and O–H groups in total. The van der Waals surface area contributed by atoms with Crippen molar-refractivity contribution in [2.24, 2.45) is 5.92 Å². The molecule has 0 saturated heterocycles. The minimum atomic E-state index is -0.116. The first-order valence-corrected chi connectivity index (χ1v) is 5.19. The largest absolute Gasteiger partial charge is 0.397 e. The number of nitrogens with one attached hydrogen (secondary N) is 1. The van der Waals surface area contributed by atoms with Crippen molar-refractivity contribution >= 4 is 11.6 Å². The van der Waals surface area contributed by atoms with Crippen molar-refractivity contribution in [2.75, 3.05) is 5.73 Å². The zero-order chi connectivity index (χ0) is 10.8. The molecule has 1 aliphatic carbocycles. The molecule has 0 aliphatic heterocycles. The van der Waals surface area contributed by atoms with Gasteiger partial charge in [0.2, 0.25) is 0 Å². The van der Waals surface area contributed by atoms with Crippen LogP contribution in [0.5, 0.6) is 0 Å². The van der Waals surface area contributed by atoms with Crippen LogP contribution < -0.4 is 11.1 Å². The first kappa shape index (κ1) is 9.96. The predicted molar refractivity (Wildman–Crippen MR) is 58.3 cm³/mol. The number of rotatable bonds is 3. The maximum atomic E-state index is 11.7. The van der Waals surface area contributed by atoms with E-state index in [9.17, 15) is 4.79 Å². The third kappa shape index (κ3) is 2.46. The Kier molecular flexibility index (Phi) is 2.58. The average molecular weight is 205 g/mol. The fraction of sp³-hybridized carbons (Fsp3) is 0.455. The SMILES string of the molecule is CC(NC(=O)c1ccc(N)cn1)C1CC1. The van der Waals surface area contributed by atoms with Gasteiger partial charge in [0.25, 0.3) is 5.91 Å². The van der Waals surface area contributed by atoms with Crippen LogP contribution in [0.1, 0.15) is 30.3 Å². The first-order chi connectivity index (χ1) is 7.16. The zero-order valence-electron chi connectivity index (χ0n) is 8.73. The van der Waals surface area contributed by atoms with E-state index in [1.54, 1.807) is 12.1 Å². The zero-order valence-corrected chi connectivity index (χ0v) is 8.73. The van der Waals surface area contributed by atoms with Gasteiger partial charge in [-0.2, -0.15) is 0 Å². The summed E-state index contributed by atoms with van der Waals surface area (Å²) in [7, 11) is 0. The van der Waals surface area contributed by atoms with Gasteiger partial charge < -0.3 is 11.1 Å². The molecule has 0 radical (unpaired) electrons. The molecular formula is C11H15N3O. The van der Waals surface area contributed by atoms with Crippen LogP contribution in [0.4, 0.5) is 5.69 Å².